The lowest BCUT2D eigenvalue weighted by Gasteiger charge is -2.04. The number of amides is 1. The Balaban J connectivity index is 2.09. The first-order chi connectivity index (χ1) is 8.29. The molecular weight excluding hydrogens is 218 g/mol. The molecule has 0 aliphatic carbocycles. The van der Waals surface area contributed by atoms with Crippen molar-refractivity contribution in [2.75, 3.05) is 10.7 Å². The van der Waals surface area contributed by atoms with Crippen molar-refractivity contribution < 1.29 is 4.79 Å². The molecule has 6 nitrogen and oxygen atoms in total. The van der Waals surface area contributed by atoms with Crippen molar-refractivity contribution in [1.29, 1.82) is 0 Å². The van der Waals surface area contributed by atoms with Gasteiger partial charge in [-0.15, -0.1) is 0 Å². The van der Waals surface area contributed by atoms with Gasteiger partial charge < -0.3 is 5.43 Å². The first-order valence-electron chi connectivity index (χ1n) is 4.94. The van der Waals surface area contributed by atoms with Gasteiger partial charge in [-0.2, -0.15) is 0 Å². The maximum atomic E-state index is 11.8. The minimum atomic E-state index is -0.264. The highest BCUT2D eigenvalue weighted by molar-refractivity contribution is 6.03. The predicted molar refractivity (Wildman–Crippen MR) is 64.2 cm³/mol. The molecule has 0 spiro atoms. The van der Waals surface area contributed by atoms with Crippen LogP contribution < -0.4 is 16.6 Å². The summed E-state index contributed by atoms with van der Waals surface area (Å²) in [6.07, 6.45) is 3.12. The molecule has 6 heteroatoms. The van der Waals surface area contributed by atoms with Gasteiger partial charge in [0.2, 0.25) is 5.95 Å². The molecule has 0 atom stereocenters. The average Bonchev–Trinajstić information content (AvgIpc) is 2.40. The van der Waals surface area contributed by atoms with Gasteiger partial charge in [0.15, 0.2) is 0 Å². The minimum absolute atomic E-state index is 0.264. The first-order valence-corrected chi connectivity index (χ1v) is 4.94. The second kappa shape index (κ2) is 5.04. The normalized spacial score (nSPS) is 9.71. The number of hydrazine groups is 1. The second-order valence-corrected chi connectivity index (χ2v) is 3.25. The van der Waals surface area contributed by atoms with Crippen molar-refractivity contribution in [3.8, 4) is 0 Å². The third-order valence-corrected chi connectivity index (χ3v) is 2.10. The monoisotopic (exact) mass is 229 g/mol. The summed E-state index contributed by atoms with van der Waals surface area (Å²) in [5, 5.41) is 2.58. The quantitative estimate of drug-likeness (QED) is 0.539. The van der Waals surface area contributed by atoms with E-state index in [0.717, 1.165) is 5.69 Å². The molecule has 0 radical (unpaired) electrons. The third kappa shape index (κ3) is 2.76. The Kier molecular flexibility index (Phi) is 3.27. The topological polar surface area (TPSA) is 92.9 Å². The number of nitrogens with zero attached hydrogens (tertiary/aromatic N) is 2. The van der Waals surface area contributed by atoms with E-state index in [4.69, 9.17) is 5.84 Å². The summed E-state index contributed by atoms with van der Waals surface area (Å²) in [6, 6.07) is 8.42. The Hall–Kier alpha value is -2.47. The number of hydrogen-bond acceptors (Lipinski definition) is 5. The summed E-state index contributed by atoms with van der Waals surface area (Å²) >= 11 is 0. The van der Waals surface area contributed by atoms with Crippen LogP contribution in [0, 0.1) is 0 Å². The number of nitrogen functional groups attached to an aromatic ring is 1. The van der Waals surface area contributed by atoms with Gasteiger partial charge in [-0.3, -0.25) is 16.0 Å². The maximum Gasteiger partial charge on any atom is 0.258 e. The molecule has 4 N–H and O–H groups in total. The van der Waals surface area contributed by atoms with Gasteiger partial charge in [-0.05, 0) is 30.3 Å². The molecule has 1 heterocycles. The van der Waals surface area contributed by atoms with E-state index in [1.165, 1.54) is 0 Å². The molecule has 0 saturated carbocycles. The highest BCUT2D eigenvalue weighted by atomic mass is 16.1. The Morgan fingerprint density at radius 3 is 2.35 bits per heavy atom. The molecule has 1 aromatic heterocycles. The van der Waals surface area contributed by atoms with Crippen molar-refractivity contribution in [2.45, 2.75) is 0 Å². The zero-order valence-electron chi connectivity index (χ0n) is 8.92. The van der Waals surface area contributed by atoms with E-state index >= 15 is 0 Å². The van der Waals surface area contributed by atoms with Gasteiger partial charge in [0.1, 0.15) is 0 Å². The van der Waals surface area contributed by atoms with E-state index in [1.54, 1.807) is 42.7 Å². The fourth-order valence-electron chi connectivity index (χ4n) is 1.26. The van der Waals surface area contributed by atoms with Crippen LogP contribution in [0.15, 0.2) is 42.7 Å². The number of anilines is 2. The Morgan fingerprint density at radius 1 is 1.12 bits per heavy atom. The maximum absolute atomic E-state index is 11.8. The summed E-state index contributed by atoms with van der Waals surface area (Å²) in [5.41, 5.74) is 3.73. The Bertz CT molecular complexity index is 497. The number of rotatable bonds is 3. The molecule has 17 heavy (non-hydrogen) atoms. The van der Waals surface area contributed by atoms with Crippen LogP contribution in [0.4, 0.5) is 11.6 Å². The second-order valence-electron chi connectivity index (χ2n) is 3.25. The molecule has 1 aromatic carbocycles. The van der Waals surface area contributed by atoms with E-state index in [0.29, 0.717) is 5.56 Å². The smallest absolute Gasteiger partial charge is 0.258 e. The first kappa shape index (κ1) is 11.0. The zero-order valence-corrected chi connectivity index (χ0v) is 8.92. The van der Waals surface area contributed by atoms with Crippen LogP contribution in [-0.2, 0) is 0 Å². The summed E-state index contributed by atoms with van der Waals surface area (Å²) in [6.45, 7) is 0. The lowest BCUT2D eigenvalue weighted by atomic mass is 10.2. The molecule has 86 valence electrons. The highest BCUT2D eigenvalue weighted by Gasteiger charge is 2.06. The van der Waals surface area contributed by atoms with Gasteiger partial charge in [0, 0.05) is 23.6 Å². The molecule has 1 amide bonds. The number of carbonyl (C=O) groups excluding carboxylic acids is 1. The van der Waals surface area contributed by atoms with Gasteiger partial charge in [0.25, 0.3) is 5.91 Å². The lowest BCUT2D eigenvalue weighted by Crippen LogP contribution is -2.14. The van der Waals surface area contributed by atoms with E-state index in [-0.39, 0.29) is 11.9 Å². The molecule has 0 aliphatic heterocycles. The third-order valence-electron chi connectivity index (χ3n) is 2.10. The van der Waals surface area contributed by atoms with E-state index in [2.05, 4.69) is 20.7 Å². The molecule has 2 aromatic rings. The van der Waals surface area contributed by atoms with Crippen molar-refractivity contribution in [2.24, 2.45) is 5.84 Å². The van der Waals surface area contributed by atoms with Crippen LogP contribution in [0.1, 0.15) is 10.4 Å². The molecular formula is C11H11N5O. The largest absolute Gasteiger partial charge is 0.324 e. The van der Waals surface area contributed by atoms with Crippen LogP contribution in [0.25, 0.3) is 0 Å². The molecule has 0 fully saturated rings. The number of nitrogens with two attached hydrogens (primary N) is 1. The highest BCUT2D eigenvalue weighted by Crippen LogP contribution is 2.09. The summed E-state index contributed by atoms with van der Waals surface area (Å²) in [5.74, 6) is 5.24. The zero-order chi connectivity index (χ0) is 12.1. The van der Waals surface area contributed by atoms with Crippen molar-refractivity contribution >= 4 is 17.5 Å². The minimum Gasteiger partial charge on any atom is -0.324 e. The van der Waals surface area contributed by atoms with E-state index in [1.807, 2.05) is 0 Å². The van der Waals surface area contributed by atoms with Crippen molar-refractivity contribution in [3.05, 3.63) is 48.3 Å². The molecule has 0 saturated heterocycles. The summed E-state index contributed by atoms with van der Waals surface area (Å²) in [4.78, 5) is 19.6. The summed E-state index contributed by atoms with van der Waals surface area (Å²) in [7, 11) is 0. The lowest BCUT2D eigenvalue weighted by molar-refractivity contribution is 0.102. The number of carbonyl (C=O) groups is 1. The van der Waals surface area contributed by atoms with E-state index < -0.39 is 0 Å². The Morgan fingerprint density at radius 2 is 1.76 bits per heavy atom. The number of benzene rings is 1. The van der Waals surface area contributed by atoms with Crippen molar-refractivity contribution in [3.63, 3.8) is 0 Å². The van der Waals surface area contributed by atoms with Gasteiger partial charge in [0.05, 0.1) is 0 Å². The fourth-order valence-corrected chi connectivity index (χ4v) is 1.26. The Labute approximate surface area is 97.9 Å². The van der Waals surface area contributed by atoms with Crippen LogP contribution in [0.2, 0.25) is 0 Å². The molecule has 0 unspecified atom stereocenters. The predicted octanol–water partition coefficient (Wildman–Crippen LogP) is 1.01. The van der Waals surface area contributed by atoms with E-state index in [9.17, 15) is 4.79 Å². The number of hydrogen-bond donors (Lipinski definition) is 3. The molecule has 0 aliphatic rings. The van der Waals surface area contributed by atoms with Gasteiger partial charge >= 0.3 is 0 Å². The standard InChI is InChI=1S/C11H11N5O/c12-16-9-4-2-8(3-5-9)10(17)15-11-13-6-1-7-14-11/h1-7,16H,12H2,(H,13,14,15,17). The van der Waals surface area contributed by atoms with Crippen LogP contribution >= 0.6 is 0 Å². The van der Waals surface area contributed by atoms with Gasteiger partial charge in [-0.1, -0.05) is 0 Å². The number of aromatic nitrogens is 2. The molecule has 2 rings (SSSR count). The van der Waals surface area contributed by atoms with Crippen molar-refractivity contribution in [1.82, 2.24) is 9.97 Å². The summed E-state index contributed by atoms with van der Waals surface area (Å²) < 4.78 is 0. The van der Waals surface area contributed by atoms with Crippen LogP contribution in [0.5, 0.6) is 0 Å². The fraction of sp³-hybridized carbons (Fsp3) is 0. The molecule has 0 bridgehead atoms. The van der Waals surface area contributed by atoms with Crippen LogP contribution in [0.3, 0.4) is 0 Å². The average molecular weight is 229 g/mol. The number of nitrogens with one attached hydrogen (secondary N) is 2. The SMILES string of the molecule is NNc1ccc(C(=O)Nc2ncccn2)cc1. The van der Waals surface area contributed by atoms with Gasteiger partial charge in [-0.25, -0.2) is 9.97 Å². The van der Waals surface area contributed by atoms with Crippen LogP contribution in [-0.4, -0.2) is 15.9 Å².